The van der Waals surface area contributed by atoms with E-state index in [9.17, 15) is 22.8 Å². The molecule has 26 heavy (non-hydrogen) atoms. The normalized spacial score (nSPS) is 21.8. The number of hydrogen-bond donors (Lipinski definition) is 3. The topological polar surface area (TPSA) is 79.5 Å². The van der Waals surface area contributed by atoms with E-state index < -0.39 is 36.1 Å². The number of nitrogens with one attached hydrogen (secondary N) is 3. The Balaban J connectivity index is 1.96. The van der Waals surface area contributed by atoms with Crippen molar-refractivity contribution < 1.29 is 27.5 Å². The smallest absolute Gasteiger partial charge is 0.348 e. The van der Waals surface area contributed by atoms with E-state index in [1.54, 1.807) is 6.92 Å². The number of amides is 2. The Morgan fingerprint density at radius 1 is 1.35 bits per heavy atom. The Morgan fingerprint density at radius 2 is 2.00 bits per heavy atom. The Kier molecular flexibility index (Phi) is 6.60. The molecule has 0 bridgehead atoms. The summed E-state index contributed by atoms with van der Waals surface area (Å²) >= 11 is 0. The van der Waals surface area contributed by atoms with E-state index in [1.807, 2.05) is 6.92 Å². The molecule has 1 saturated heterocycles. The van der Waals surface area contributed by atoms with Crippen molar-refractivity contribution in [3.05, 3.63) is 35.4 Å². The average molecular weight is 373 g/mol. The predicted octanol–water partition coefficient (Wildman–Crippen LogP) is 2.07. The van der Waals surface area contributed by atoms with Crippen molar-refractivity contribution in [2.75, 3.05) is 6.61 Å². The van der Waals surface area contributed by atoms with Gasteiger partial charge in [-0.15, -0.1) is 0 Å². The third-order valence-electron chi connectivity index (χ3n) is 3.94. The lowest BCUT2D eigenvalue weighted by Gasteiger charge is -2.31. The van der Waals surface area contributed by atoms with Gasteiger partial charge in [-0.2, -0.15) is 13.2 Å². The van der Waals surface area contributed by atoms with Crippen molar-refractivity contribution in [3.8, 4) is 0 Å². The SMILES string of the molecule is CCCOC1NC(=O)CC(C(=O)N[C@H](C)c2ccc(C(F)(F)F)cc2)N1. The molecule has 2 unspecified atom stereocenters. The minimum Gasteiger partial charge on any atom is -0.348 e. The molecule has 0 aromatic heterocycles. The van der Waals surface area contributed by atoms with Crippen molar-refractivity contribution in [2.45, 2.75) is 51.3 Å². The van der Waals surface area contributed by atoms with Crippen LogP contribution in [0.15, 0.2) is 24.3 Å². The van der Waals surface area contributed by atoms with Gasteiger partial charge in [-0.1, -0.05) is 19.1 Å². The van der Waals surface area contributed by atoms with Gasteiger partial charge in [0.1, 0.15) is 0 Å². The molecule has 0 radical (unpaired) electrons. The van der Waals surface area contributed by atoms with E-state index in [1.165, 1.54) is 12.1 Å². The van der Waals surface area contributed by atoms with Crippen LogP contribution >= 0.6 is 0 Å². The molecule has 1 heterocycles. The number of rotatable bonds is 6. The lowest BCUT2D eigenvalue weighted by molar-refractivity contribution is -0.139. The molecule has 0 spiro atoms. The van der Waals surface area contributed by atoms with Crippen LogP contribution in [0.25, 0.3) is 0 Å². The largest absolute Gasteiger partial charge is 0.416 e. The molecule has 144 valence electrons. The summed E-state index contributed by atoms with van der Waals surface area (Å²) in [5.41, 5.74) is -0.216. The summed E-state index contributed by atoms with van der Waals surface area (Å²) in [5, 5.41) is 8.17. The van der Waals surface area contributed by atoms with Gasteiger partial charge in [0.2, 0.25) is 11.8 Å². The molecule has 1 aliphatic heterocycles. The van der Waals surface area contributed by atoms with E-state index in [0.717, 1.165) is 18.6 Å². The van der Waals surface area contributed by atoms with Crippen LogP contribution in [0.3, 0.4) is 0 Å². The first kappa shape index (κ1) is 20.2. The summed E-state index contributed by atoms with van der Waals surface area (Å²) in [6, 6.07) is 3.30. The monoisotopic (exact) mass is 373 g/mol. The molecule has 0 saturated carbocycles. The maximum absolute atomic E-state index is 12.6. The molecule has 0 aliphatic carbocycles. The van der Waals surface area contributed by atoms with Crippen LogP contribution in [0.5, 0.6) is 0 Å². The van der Waals surface area contributed by atoms with Crippen molar-refractivity contribution in [2.24, 2.45) is 0 Å². The lowest BCUT2D eigenvalue weighted by atomic mass is 10.0. The maximum Gasteiger partial charge on any atom is 0.416 e. The molecule has 2 amide bonds. The van der Waals surface area contributed by atoms with Crippen molar-refractivity contribution in [1.29, 1.82) is 0 Å². The predicted molar refractivity (Wildman–Crippen MR) is 87.7 cm³/mol. The summed E-state index contributed by atoms with van der Waals surface area (Å²) < 4.78 is 43.2. The van der Waals surface area contributed by atoms with Crippen LogP contribution in [-0.2, 0) is 20.5 Å². The summed E-state index contributed by atoms with van der Waals surface area (Å²) in [7, 11) is 0. The van der Waals surface area contributed by atoms with Gasteiger partial charge in [0.15, 0.2) is 6.35 Å². The van der Waals surface area contributed by atoms with Crippen LogP contribution < -0.4 is 16.0 Å². The van der Waals surface area contributed by atoms with E-state index in [2.05, 4.69) is 16.0 Å². The Morgan fingerprint density at radius 3 is 2.58 bits per heavy atom. The molecule has 2 rings (SSSR count). The van der Waals surface area contributed by atoms with Crippen molar-refractivity contribution in [3.63, 3.8) is 0 Å². The van der Waals surface area contributed by atoms with Gasteiger partial charge in [-0.05, 0) is 31.0 Å². The molecule has 1 aromatic rings. The molecule has 3 N–H and O–H groups in total. The van der Waals surface area contributed by atoms with Crippen LogP contribution in [-0.4, -0.2) is 30.8 Å². The van der Waals surface area contributed by atoms with Gasteiger partial charge in [0.05, 0.1) is 30.7 Å². The highest BCUT2D eigenvalue weighted by Gasteiger charge is 2.32. The molecule has 6 nitrogen and oxygen atoms in total. The molecule has 1 aliphatic rings. The van der Waals surface area contributed by atoms with E-state index in [-0.39, 0.29) is 12.3 Å². The summed E-state index contributed by atoms with van der Waals surface area (Å²) in [5.74, 6) is -0.732. The first-order chi connectivity index (χ1) is 12.2. The molecular weight excluding hydrogens is 351 g/mol. The molecule has 3 atom stereocenters. The Labute approximate surface area is 149 Å². The molecular formula is C17H22F3N3O3. The number of hydrogen-bond acceptors (Lipinski definition) is 4. The second kappa shape index (κ2) is 8.50. The fourth-order valence-electron chi connectivity index (χ4n) is 2.53. The van der Waals surface area contributed by atoms with Crippen LogP contribution in [0, 0.1) is 0 Å². The van der Waals surface area contributed by atoms with E-state index in [4.69, 9.17) is 4.74 Å². The number of alkyl halides is 3. The summed E-state index contributed by atoms with van der Waals surface area (Å²) in [4.78, 5) is 24.1. The van der Waals surface area contributed by atoms with Gasteiger partial charge >= 0.3 is 6.18 Å². The summed E-state index contributed by atoms with van der Waals surface area (Å²) in [6.45, 7) is 4.00. The number of carbonyl (C=O) groups excluding carboxylic acids is 2. The molecule has 9 heteroatoms. The van der Waals surface area contributed by atoms with Crippen LogP contribution in [0.4, 0.5) is 13.2 Å². The standard InChI is InChI=1S/C17H22F3N3O3/c1-3-8-26-16-22-13(9-14(24)23-16)15(25)21-10(2)11-4-6-12(7-5-11)17(18,19)20/h4-7,10,13,16,22H,3,8-9H2,1-2H3,(H,21,25)(H,23,24)/t10-,13?,16?/m1/s1. The summed E-state index contributed by atoms with van der Waals surface area (Å²) in [6.07, 6.45) is -4.43. The second-order valence-electron chi connectivity index (χ2n) is 6.09. The van der Waals surface area contributed by atoms with Gasteiger partial charge in [0.25, 0.3) is 0 Å². The number of benzene rings is 1. The number of carbonyl (C=O) groups is 2. The Bertz CT molecular complexity index is 634. The van der Waals surface area contributed by atoms with Crippen LogP contribution in [0.2, 0.25) is 0 Å². The number of halogens is 3. The van der Waals surface area contributed by atoms with E-state index >= 15 is 0 Å². The first-order valence-electron chi connectivity index (χ1n) is 8.35. The van der Waals surface area contributed by atoms with Gasteiger partial charge in [-0.3, -0.25) is 14.9 Å². The Hall–Kier alpha value is -2.13. The fourth-order valence-corrected chi connectivity index (χ4v) is 2.53. The van der Waals surface area contributed by atoms with Gasteiger partial charge in [0, 0.05) is 0 Å². The highest BCUT2D eigenvalue weighted by molar-refractivity contribution is 5.89. The zero-order chi connectivity index (χ0) is 19.3. The second-order valence-corrected chi connectivity index (χ2v) is 6.09. The molecule has 1 fully saturated rings. The minimum absolute atomic E-state index is 0.0441. The number of ether oxygens (including phenoxy) is 1. The van der Waals surface area contributed by atoms with Crippen LogP contribution in [0.1, 0.15) is 43.9 Å². The minimum atomic E-state index is -4.40. The average Bonchev–Trinajstić information content (AvgIpc) is 2.58. The zero-order valence-electron chi connectivity index (χ0n) is 14.5. The van der Waals surface area contributed by atoms with Gasteiger partial charge < -0.3 is 15.4 Å². The quantitative estimate of drug-likeness (QED) is 0.713. The van der Waals surface area contributed by atoms with Gasteiger partial charge in [-0.25, -0.2) is 0 Å². The zero-order valence-corrected chi connectivity index (χ0v) is 14.5. The van der Waals surface area contributed by atoms with Crippen molar-refractivity contribution >= 4 is 11.8 Å². The lowest BCUT2D eigenvalue weighted by Crippen LogP contribution is -2.61. The van der Waals surface area contributed by atoms with E-state index in [0.29, 0.717) is 12.2 Å². The maximum atomic E-state index is 12.6. The molecule has 1 aromatic carbocycles. The highest BCUT2D eigenvalue weighted by Crippen LogP contribution is 2.29. The fraction of sp³-hybridized carbons (Fsp3) is 0.529. The first-order valence-corrected chi connectivity index (χ1v) is 8.35. The third kappa shape index (κ3) is 5.43. The highest BCUT2D eigenvalue weighted by atomic mass is 19.4. The van der Waals surface area contributed by atoms with Crippen molar-refractivity contribution in [1.82, 2.24) is 16.0 Å². The third-order valence-corrected chi connectivity index (χ3v) is 3.94.